The molecule has 0 bridgehead atoms. The van der Waals surface area contributed by atoms with Crippen LogP contribution in [0.3, 0.4) is 0 Å². The van der Waals surface area contributed by atoms with E-state index in [2.05, 4.69) is 61.2 Å². The monoisotopic (exact) mass is 620 g/mol. The van der Waals surface area contributed by atoms with Gasteiger partial charge < -0.3 is 14.8 Å². The molecule has 1 fully saturated rings. The Morgan fingerprint density at radius 3 is 2.55 bits per heavy atom. The highest BCUT2D eigenvalue weighted by atomic mass is 32.2. The van der Waals surface area contributed by atoms with E-state index in [-0.39, 0.29) is 5.75 Å². The van der Waals surface area contributed by atoms with Crippen LogP contribution in [0.25, 0.3) is 17.1 Å². The van der Waals surface area contributed by atoms with Gasteiger partial charge in [-0.1, -0.05) is 36.9 Å². The van der Waals surface area contributed by atoms with Crippen LogP contribution in [0.5, 0.6) is 11.5 Å². The lowest BCUT2D eigenvalue weighted by molar-refractivity contribution is -0.274. The summed E-state index contributed by atoms with van der Waals surface area (Å²) in [7, 11) is 0. The molecule has 3 aromatic carbocycles. The van der Waals surface area contributed by atoms with Crippen LogP contribution in [-0.4, -0.2) is 44.3 Å². The maximum atomic E-state index is 12.8. The number of carbonyl (C=O) groups excluding carboxylic acids is 1. The summed E-state index contributed by atoms with van der Waals surface area (Å²) in [6.45, 7) is 5.93. The number of ether oxygens (including phenoxy) is 2. The molecule has 2 atom stereocenters. The fourth-order valence-corrected chi connectivity index (χ4v) is 5.99. The lowest BCUT2D eigenvalue weighted by Crippen LogP contribution is -2.36. The first-order valence-corrected chi connectivity index (χ1v) is 14.7. The van der Waals surface area contributed by atoms with E-state index in [0.717, 1.165) is 22.7 Å². The summed E-state index contributed by atoms with van der Waals surface area (Å²) in [5.41, 5.74) is 5.75. The van der Waals surface area contributed by atoms with Gasteiger partial charge in [-0.2, -0.15) is 4.99 Å². The van der Waals surface area contributed by atoms with Crippen LogP contribution >= 0.6 is 11.8 Å². The maximum absolute atomic E-state index is 12.8. The number of allylic oxidation sites excluding steroid dienone is 1. The summed E-state index contributed by atoms with van der Waals surface area (Å²) < 4.78 is 48.5. The zero-order chi connectivity index (χ0) is 31.0. The first-order valence-electron chi connectivity index (χ1n) is 13.7. The van der Waals surface area contributed by atoms with Gasteiger partial charge >= 0.3 is 12.4 Å². The molecule has 2 unspecified atom stereocenters. The van der Waals surface area contributed by atoms with Crippen LogP contribution in [0, 0.1) is 6.92 Å². The number of aliphatic imine (C=N–C) groups is 1. The van der Waals surface area contributed by atoms with Crippen molar-refractivity contribution in [3.63, 3.8) is 0 Å². The molecule has 2 aliphatic heterocycles. The molecule has 226 valence electrons. The molecule has 13 heteroatoms. The number of amides is 2. The number of urea groups is 1. The largest absolute Gasteiger partial charge is 0.573 e. The third-order valence-electron chi connectivity index (χ3n) is 6.96. The van der Waals surface area contributed by atoms with Crippen LogP contribution in [0.1, 0.15) is 30.9 Å². The SMILES string of the molecule is Cc1ccc2c(c1)N1C(=CC2C)CS/C1=N\C(=O)NC(C)Oc1ccc(-c2ncn(-c3ccc(OC(F)(F)F)cc3)n2)cc1. The number of hydrogen-bond acceptors (Lipinski definition) is 6. The molecule has 1 saturated heterocycles. The van der Waals surface area contributed by atoms with E-state index in [1.807, 2.05) is 6.92 Å². The predicted octanol–water partition coefficient (Wildman–Crippen LogP) is 7.19. The third kappa shape index (κ3) is 6.42. The summed E-state index contributed by atoms with van der Waals surface area (Å²) in [4.78, 5) is 23.6. The number of rotatable bonds is 6. The number of fused-ring (bicyclic) bond motifs is 3. The average molecular weight is 621 g/mol. The van der Waals surface area contributed by atoms with Crippen LogP contribution < -0.4 is 19.7 Å². The highest BCUT2D eigenvalue weighted by Gasteiger charge is 2.33. The molecule has 44 heavy (non-hydrogen) atoms. The van der Waals surface area contributed by atoms with Crippen LogP contribution in [0.2, 0.25) is 0 Å². The van der Waals surface area contributed by atoms with E-state index in [1.54, 1.807) is 31.2 Å². The molecular formula is C31H27F3N6O3S. The van der Waals surface area contributed by atoms with Gasteiger partial charge in [-0.15, -0.1) is 18.3 Å². The van der Waals surface area contributed by atoms with Crippen molar-refractivity contribution < 1.29 is 27.4 Å². The molecule has 9 nitrogen and oxygen atoms in total. The topological polar surface area (TPSA) is 93.9 Å². The predicted molar refractivity (Wildman–Crippen MR) is 162 cm³/mol. The highest BCUT2D eigenvalue weighted by Crippen LogP contribution is 2.43. The Morgan fingerprint density at radius 2 is 1.82 bits per heavy atom. The quantitative estimate of drug-likeness (QED) is 0.228. The van der Waals surface area contributed by atoms with Crippen molar-refractivity contribution in [2.45, 2.75) is 39.3 Å². The molecule has 0 aliphatic carbocycles. The number of hydrogen-bond donors (Lipinski definition) is 1. The molecule has 0 spiro atoms. The molecule has 2 amide bonds. The zero-order valence-corrected chi connectivity index (χ0v) is 24.7. The minimum absolute atomic E-state index is 0.291. The Balaban J connectivity index is 1.07. The number of nitrogens with zero attached hydrogens (tertiary/aromatic N) is 5. The summed E-state index contributed by atoms with van der Waals surface area (Å²) in [6, 6.07) is 18.2. The molecule has 4 aromatic rings. The molecule has 0 radical (unpaired) electrons. The first kappa shape index (κ1) is 29.3. The normalized spacial score (nSPS) is 17.5. The molecule has 1 aromatic heterocycles. The van der Waals surface area contributed by atoms with Crippen molar-refractivity contribution in [2.75, 3.05) is 10.7 Å². The Labute approximate surface area is 255 Å². The first-order chi connectivity index (χ1) is 21.0. The summed E-state index contributed by atoms with van der Waals surface area (Å²) in [6.07, 6.45) is -1.74. The molecule has 2 aliphatic rings. The Morgan fingerprint density at radius 1 is 1.09 bits per heavy atom. The number of alkyl halides is 3. The van der Waals surface area contributed by atoms with Crippen molar-refractivity contribution in [1.82, 2.24) is 20.1 Å². The number of amidine groups is 1. The second-order valence-corrected chi connectivity index (χ2v) is 11.3. The molecule has 0 saturated carbocycles. The standard InChI is InChI=1S/C31H27F3N6O3S/c1-18-4-13-26-19(2)15-23-16-44-30(40(23)27(26)14-18)37-29(41)36-20(3)42-24-9-5-21(6-10-24)28-35-17-39(38-28)22-7-11-25(12-8-22)43-31(32,33)34/h4-15,17,19-20H,16H2,1-3H3,(H,36,41)/b37-30-. The molecule has 1 N–H and O–H groups in total. The maximum Gasteiger partial charge on any atom is 0.573 e. The Hall–Kier alpha value is -4.78. The van der Waals surface area contributed by atoms with Crippen LogP contribution in [-0.2, 0) is 0 Å². The van der Waals surface area contributed by atoms with Crippen molar-refractivity contribution in [1.29, 1.82) is 0 Å². The highest BCUT2D eigenvalue weighted by molar-refractivity contribution is 8.14. The van der Waals surface area contributed by atoms with Crippen molar-refractivity contribution >= 4 is 28.6 Å². The van der Waals surface area contributed by atoms with Crippen molar-refractivity contribution in [2.24, 2.45) is 4.99 Å². The van der Waals surface area contributed by atoms with Gasteiger partial charge in [0.2, 0.25) is 0 Å². The minimum Gasteiger partial charge on any atom is -0.471 e. The van der Waals surface area contributed by atoms with E-state index in [9.17, 15) is 18.0 Å². The Bertz CT molecular complexity index is 1750. The van der Waals surface area contributed by atoms with Gasteiger partial charge in [-0.05, 0) is 79.6 Å². The van der Waals surface area contributed by atoms with Gasteiger partial charge in [0.25, 0.3) is 0 Å². The van der Waals surface area contributed by atoms with Crippen LogP contribution in [0.4, 0.5) is 23.7 Å². The van der Waals surface area contributed by atoms with Gasteiger partial charge in [0.1, 0.15) is 17.8 Å². The average Bonchev–Trinajstić information content (AvgIpc) is 3.61. The smallest absolute Gasteiger partial charge is 0.471 e. The molecular weight excluding hydrogens is 593 g/mol. The second kappa shape index (κ2) is 11.7. The number of benzene rings is 3. The number of thioether (sulfide) groups is 1. The van der Waals surface area contributed by atoms with E-state index in [1.165, 1.54) is 52.6 Å². The van der Waals surface area contributed by atoms with Gasteiger partial charge in [-0.3, -0.25) is 4.90 Å². The number of carbonyl (C=O) groups is 1. The van der Waals surface area contributed by atoms with E-state index < -0.39 is 18.6 Å². The second-order valence-electron chi connectivity index (χ2n) is 10.3. The number of anilines is 1. The number of nitrogens with one attached hydrogen (secondary N) is 1. The third-order valence-corrected chi connectivity index (χ3v) is 7.94. The Kier molecular flexibility index (Phi) is 7.80. The van der Waals surface area contributed by atoms with Crippen LogP contribution in [0.15, 0.2) is 89.8 Å². The summed E-state index contributed by atoms with van der Waals surface area (Å²) in [5.74, 6) is 1.65. The molecule has 3 heterocycles. The van der Waals surface area contributed by atoms with Gasteiger partial charge in [0.05, 0.1) is 11.4 Å². The van der Waals surface area contributed by atoms with E-state index in [4.69, 9.17) is 4.74 Å². The van der Waals surface area contributed by atoms with Gasteiger partial charge in [0, 0.05) is 22.9 Å². The summed E-state index contributed by atoms with van der Waals surface area (Å²) in [5, 5.41) is 7.80. The molecule has 6 rings (SSSR count). The number of aromatic nitrogens is 3. The van der Waals surface area contributed by atoms with E-state index >= 15 is 0 Å². The zero-order valence-electron chi connectivity index (χ0n) is 23.9. The van der Waals surface area contributed by atoms with Crippen molar-refractivity contribution in [3.05, 3.63) is 96.0 Å². The number of aryl methyl sites for hydroxylation is 1. The fraction of sp³-hybridized carbons (Fsp3) is 0.226. The minimum atomic E-state index is -4.76. The van der Waals surface area contributed by atoms with Gasteiger partial charge in [-0.25, -0.2) is 14.5 Å². The van der Waals surface area contributed by atoms with Crippen molar-refractivity contribution in [3.8, 4) is 28.6 Å². The summed E-state index contributed by atoms with van der Waals surface area (Å²) >= 11 is 1.53. The van der Waals surface area contributed by atoms with Gasteiger partial charge in [0.15, 0.2) is 17.2 Å². The van der Waals surface area contributed by atoms with E-state index in [0.29, 0.717) is 33.9 Å². The number of halogens is 3. The fourth-order valence-electron chi connectivity index (χ4n) is 4.99. The lowest BCUT2D eigenvalue weighted by Gasteiger charge is -2.30. The lowest BCUT2D eigenvalue weighted by atomic mass is 9.93.